The maximum atomic E-state index is 13.6. The van der Waals surface area contributed by atoms with Gasteiger partial charge in [-0.05, 0) is 74.1 Å². The Labute approximate surface area is 263 Å². The molecule has 12 heteroatoms. The van der Waals surface area contributed by atoms with Gasteiger partial charge in [0.25, 0.3) is 0 Å². The first-order valence-electron chi connectivity index (χ1n) is 14.8. The highest BCUT2D eigenvalue weighted by atomic mass is 32.3. The van der Waals surface area contributed by atoms with E-state index in [1.807, 2.05) is 24.3 Å². The second-order valence-electron chi connectivity index (χ2n) is 12.3. The van der Waals surface area contributed by atoms with Crippen molar-refractivity contribution >= 4 is 28.4 Å². The number of nitrogens with zero attached hydrogens (tertiary/aromatic N) is 2. The predicted octanol–water partition coefficient (Wildman–Crippen LogP) is 6.31. The Morgan fingerprint density at radius 2 is 1.51 bits per heavy atom. The third-order valence-electron chi connectivity index (χ3n) is 8.08. The molecule has 0 atom stereocenters. The quantitative estimate of drug-likeness (QED) is 0.299. The van der Waals surface area contributed by atoms with E-state index < -0.39 is 22.2 Å². The number of nitrogens with one attached hydrogen (secondary N) is 1. The molecular weight excluding hydrogens is 601 g/mol. The van der Waals surface area contributed by atoms with Crippen LogP contribution in [0.3, 0.4) is 0 Å². The number of halogens is 1. The van der Waals surface area contributed by atoms with E-state index in [9.17, 15) is 21.9 Å². The van der Waals surface area contributed by atoms with Crippen molar-refractivity contribution in [3.8, 4) is 16.9 Å². The molecule has 0 spiro atoms. The topological polar surface area (TPSA) is 114 Å². The number of ether oxygens (including phenoxy) is 2. The summed E-state index contributed by atoms with van der Waals surface area (Å²) in [6, 6.07) is 17.8. The molecule has 0 aromatic heterocycles. The molecule has 2 amide bonds. The fourth-order valence-corrected chi connectivity index (χ4v) is 6.29. The van der Waals surface area contributed by atoms with Crippen LogP contribution >= 0.6 is 0 Å². The number of hydrogen-bond donors (Lipinski definition) is 1. The highest BCUT2D eigenvalue weighted by Crippen LogP contribution is 2.44. The van der Waals surface area contributed by atoms with E-state index in [1.165, 1.54) is 13.0 Å². The summed E-state index contributed by atoms with van der Waals surface area (Å²) < 4.78 is 52.1. The van der Waals surface area contributed by atoms with E-state index in [0.29, 0.717) is 43.9 Å². The van der Waals surface area contributed by atoms with Crippen molar-refractivity contribution in [2.75, 3.05) is 38.1 Å². The van der Waals surface area contributed by atoms with Crippen molar-refractivity contribution in [2.24, 2.45) is 0 Å². The molecule has 0 unspecified atom stereocenters. The highest BCUT2D eigenvalue weighted by molar-refractivity contribution is 7.81. The van der Waals surface area contributed by atoms with Crippen LogP contribution in [0.1, 0.15) is 54.5 Å². The third kappa shape index (κ3) is 7.56. The summed E-state index contributed by atoms with van der Waals surface area (Å²) >= 11 is 0. The van der Waals surface area contributed by atoms with Crippen LogP contribution in [0.2, 0.25) is 0 Å². The monoisotopic (exact) mass is 639 g/mol. The van der Waals surface area contributed by atoms with Crippen molar-refractivity contribution in [3.63, 3.8) is 0 Å². The molecule has 1 heterocycles. The maximum Gasteiger partial charge on any atom is 0.488 e. The number of benzene rings is 3. The number of fused-ring (bicyclic) bond motifs is 3. The minimum Gasteiger partial charge on any atom is -0.448 e. The molecule has 0 saturated carbocycles. The molecule has 1 fully saturated rings. The van der Waals surface area contributed by atoms with Crippen molar-refractivity contribution in [1.82, 2.24) is 9.80 Å². The average Bonchev–Trinajstić information content (AvgIpc) is 3.29. The molecule has 1 saturated heterocycles. The zero-order valence-electron chi connectivity index (χ0n) is 26.1. The van der Waals surface area contributed by atoms with Gasteiger partial charge in [0.15, 0.2) is 5.75 Å². The van der Waals surface area contributed by atoms with Crippen molar-refractivity contribution < 1.29 is 35.5 Å². The summed E-state index contributed by atoms with van der Waals surface area (Å²) in [4.78, 5) is 29.4. The Morgan fingerprint density at radius 3 is 2.07 bits per heavy atom. The predicted molar refractivity (Wildman–Crippen MR) is 168 cm³/mol. The van der Waals surface area contributed by atoms with Crippen LogP contribution in [0, 0.1) is 13.8 Å². The lowest BCUT2D eigenvalue weighted by atomic mass is 9.98. The minimum atomic E-state index is -5.31. The standard InChI is InChI=1S/C33H38FN3O7S/c1-21-23(18-29(44-45(34,40)41)22(2)30(21)35-31(38)43-33(3,4)5)19-36-14-16-37(17-15-36)32(39)42-20-28-26-12-8-6-10-24(26)25-11-7-9-13-27(25)28/h6-13,18,28H,14-17,19-20H2,1-5H3,(H,35,38). The molecule has 45 heavy (non-hydrogen) atoms. The lowest BCUT2D eigenvalue weighted by molar-refractivity contribution is 0.0635. The largest absolute Gasteiger partial charge is 0.488 e. The number of carbonyl (C=O) groups is 2. The number of carbonyl (C=O) groups excluding carboxylic acids is 2. The molecule has 1 N–H and O–H groups in total. The van der Waals surface area contributed by atoms with Crippen LogP contribution in [-0.4, -0.2) is 68.8 Å². The molecule has 240 valence electrons. The van der Waals surface area contributed by atoms with Crippen LogP contribution in [0.4, 0.5) is 19.2 Å². The van der Waals surface area contributed by atoms with Gasteiger partial charge in [-0.25, -0.2) is 9.59 Å². The molecule has 1 aliphatic heterocycles. The smallest absolute Gasteiger partial charge is 0.448 e. The molecule has 1 aliphatic carbocycles. The number of rotatable bonds is 7. The molecule has 2 aliphatic rings. The van der Waals surface area contributed by atoms with Crippen LogP contribution in [0.15, 0.2) is 54.6 Å². The van der Waals surface area contributed by atoms with Gasteiger partial charge >= 0.3 is 22.7 Å². The fraction of sp³-hybridized carbons (Fsp3) is 0.394. The van der Waals surface area contributed by atoms with Crippen LogP contribution in [-0.2, 0) is 26.5 Å². The summed E-state index contributed by atoms with van der Waals surface area (Å²) in [6.07, 6.45) is -1.12. The Bertz CT molecular complexity index is 1670. The summed E-state index contributed by atoms with van der Waals surface area (Å²) in [5, 5.41) is 2.66. The number of anilines is 1. The second kappa shape index (κ2) is 12.7. The molecular formula is C33H38FN3O7S. The molecule has 0 bridgehead atoms. The van der Waals surface area contributed by atoms with E-state index in [1.54, 1.807) is 32.6 Å². The SMILES string of the molecule is Cc1c(CN2CCN(C(=O)OCC3c4ccccc4-c4ccccc43)CC2)cc(OS(=O)(=O)F)c(C)c1NC(=O)OC(C)(C)C. The fourth-order valence-electron chi connectivity index (χ4n) is 5.91. The highest BCUT2D eigenvalue weighted by Gasteiger charge is 2.31. The van der Waals surface area contributed by atoms with E-state index in [-0.39, 0.29) is 35.6 Å². The van der Waals surface area contributed by atoms with Gasteiger partial charge < -0.3 is 18.6 Å². The Morgan fingerprint density at radius 1 is 0.933 bits per heavy atom. The first-order valence-corrected chi connectivity index (χ1v) is 16.1. The summed E-state index contributed by atoms with van der Waals surface area (Å²) in [5.41, 5.74) is 5.65. The van der Waals surface area contributed by atoms with E-state index in [4.69, 9.17) is 9.47 Å². The van der Waals surface area contributed by atoms with Gasteiger partial charge in [0.05, 0.1) is 5.69 Å². The lowest BCUT2D eigenvalue weighted by Gasteiger charge is -2.34. The van der Waals surface area contributed by atoms with E-state index in [0.717, 1.165) is 22.3 Å². The van der Waals surface area contributed by atoms with Gasteiger partial charge in [-0.15, -0.1) is 0 Å². The van der Waals surface area contributed by atoms with Gasteiger partial charge in [-0.2, -0.15) is 8.42 Å². The van der Waals surface area contributed by atoms with E-state index >= 15 is 0 Å². The third-order valence-corrected chi connectivity index (χ3v) is 8.46. The normalized spacial score (nSPS) is 15.3. The van der Waals surface area contributed by atoms with E-state index in [2.05, 4.69) is 38.7 Å². The number of piperazine rings is 1. The summed E-state index contributed by atoms with van der Waals surface area (Å²) in [7, 11) is -5.31. The van der Waals surface area contributed by atoms with Gasteiger partial charge in [0.2, 0.25) is 0 Å². The minimum absolute atomic E-state index is 0.0276. The Balaban J connectivity index is 1.24. The van der Waals surface area contributed by atoms with Gasteiger partial charge in [0, 0.05) is 44.2 Å². The maximum absolute atomic E-state index is 13.6. The molecule has 3 aromatic carbocycles. The second-order valence-corrected chi connectivity index (χ2v) is 13.3. The number of amides is 2. The Kier molecular flexibility index (Phi) is 9.09. The zero-order valence-corrected chi connectivity index (χ0v) is 26.9. The van der Waals surface area contributed by atoms with Crippen molar-refractivity contribution in [1.29, 1.82) is 0 Å². The number of hydrogen-bond acceptors (Lipinski definition) is 8. The molecule has 5 rings (SSSR count). The molecule has 0 radical (unpaired) electrons. The summed E-state index contributed by atoms with van der Waals surface area (Å²) in [5.74, 6) is -0.262. The first kappa shape index (κ1) is 32.2. The van der Waals surface area contributed by atoms with Crippen molar-refractivity contribution in [2.45, 2.75) is 52.7 Å². The van der Waals surface area contributed by atoms with Crippen LogP contribution < -0.4 is 9.50 Å². The molecule has 3 aromatic rings. The van der Waals surface area contributed by atoms with Gasteiger partial charge in [0.1, 0.15) is 12.2 Å². The summed E-state index contributed by atoms with van der Waals surface area (Å²) in [6.45, 7) is 10.9. The average molecular weight is 640 g/mol. The lowest BCUT2D eigenvalue weighted by Crippen LogP contribution is -2.48. The zero-order chi connectivity index (χ0) is 32.5. The Hall–Kier alpha value is -4.16. The van der Waals surface area contributed by atoms with Gasteiger partial charge in [-0.3, -0.25) is 10.2 Å². The molecule has 10 nitrogen and oxygen atoms in total. The van der Waals surface area contributed by atoms with Crippen LogP contribution in [0.25, 0.3) is 11.1 Å². The van der Waals surface area contributed by atoms with Crippen LogP contribution in [0.5, 0.6) is 5.75 Å². The first-order chi connectivity index (χ1) is 21.2. The van der Waals surface area contributed by atoms with Gasteiger partial charge in [-0.1, -0.05) is 52.4 Å². The van der Waals surface area contributed by atoms with Crippen molar-refractivity contribution in [3.05, 3.63) is 82.4 Å².